The Balaban J connectivity index is 2.13. The fourth-order valence-corrected chi connectivity index (χ4v) is 3.20. The van der Waals surface area contributed by atoms with Crippen LogP contribution in [0.25, 0.3) is 0 Å². The van der Waals surface area contributed by atoms with E-state index in [9.17, 15) is 10.1 Å². The van der Waals surface area contributed by atoms with E-state index >= 15 is 0 Å². The Morgan fingerprint density at radius 1 is 1.76 bits per heavy atom. The van der Waals surface area contributed by atoms with E-state index < -0.39 is 0 Å². The van der Waals surface area contributed by atoms with Crippen molar-refractivity contribution >= 4 is 0 Å². The van der Waals surface area contributed by atoms with Gasteiger partial charge < -0.3 is 5.32 Å². The predicted molar refractivity (Wildman–Crippen MR) is 60.3 cm³/mol. The summed E-state index contributed by atoms with van der Waals surface area (Å²) >= 11 is 0. The lowest BCUT2D eigenvalue weighted by Crippen LogP contribution is -3.19. The summed E-state index contributed by atoms with van der Waals surface area (Å²) in [5.74, 6) is 0.303. The average Bonchev–Trinajstić information content (AvgIpc) is 2.83. The molecule has 0 aromatic rings. The van der Waals surface area contributed by atoms with Crippen molar-refractivity contribution in [3.05, 3.63) is 33.8 Å². The van der Waals surface area contributed by atoms with E-state index in [1.54, 1.807) is 6.08 Å². The van der Waals surface area contributed by atoms with Crippen molar-refractivity contribution in [1.29, 1.82) is 0 Å². The Hall–Kier alpha value is -1.60. The van der Waals surface area contributed by atoms with Crippen LogP contribution in [0, 0.1) is 10.1 Å². The second-order valence-electron chi connectivity index (χ2n) is 4.73. The molecule has 3 heterocycles. The fourth-order valence-electron chi connectivity index (χ4n) is 3.20. The molecule has 0 aromatic carbocycles. The van der Waals surface area contributed by atoms with Gasteiger partial charge in [0.25, 0.3) is 5.79 Å². The van der Waals surface area contributed by atoms with Gasteiger partial charge in [-0.3, -0.25) is 19.9 Å². The molecule has 3 rings (SSSR count). The average molecular weight is 238 g/mol. The van der Waals surface area contributed by atoms with Gasteiger partial charge in [0.05, 0.1) is 12.0 Å². The molecule has 3 aliphatic heterocycles. The Labute approximate surface area is 98.9 Å². The molecular weight excluding hydrogens is 222 g/mol. The molecule has 0 radical (unpaired) electrons. The molecule has 0 bridgehead atoms. The number of rotatable bonds is 2. The van der Waals surface area contributed by atoms with Crippen molar-refractivity contribution in [3.8, 4) is 0 Å². The zero-order valence-corrected chi connectivity index (χ0v) is 9.86. The second kappa shape index (κ2) is 3.21. The lowest BCUT2D eigenvalue weighted by atomic mass is 10.1. The van der Waals surface area contributed by atoms with Crippen molar-refractivity contribution < 1.29 is 9.82 Å². The van der Waals surface area contributed by atoms with Gasteiger partial charge in [0.15, 0.2) is 5.82 Å². The van der Waals surface area contributed by atoms with Crippen LogP contribution in [0.3, 0.4) is 0 Å². The summed E-state index contributed by atoms with van der Waals surface area (Å²) < 4.78 is 0. The van der Waals surface area contributed by atoms with E-state index in [2.05, 4.69) is 22.6 Å². The minimum absolute atomic E-state index is 0.160. The minimum Gasteiger partial charge on any atom is -0.364 e. The molecule has 2 saturated heterocycles. The lowest BCUT2D eigenvalue weighted by Gasteiger charge is -2.38. The van der Waals surface area contributed by atoms with Crippen molar-refractivity contribution in [2.75, 3.05) is 27.2 Å². The summed E-state index contributed by atoms with van der Waals surface area (Å²) in [4.78, 5) is 14.1. The third-order valence-corrected chi connectivity index (χ3v) is 3.99. The molecule has 0 amide bonds. The Morgan fingerprint density at radius 2 is 2.53 bits per heavy atom. The number of nitrogens with zero attached hydrogens (tertiary/aromatic N) is 2. The van der Waals surface area contributed by atoms with Crippen LogP contribution in [0.1, 0.15) is 0 Å². The molecule has 2 fully saturated rings. The monoisotopic (exact) mass is 238 g/mol. The van der Waals surface area contributed by atoms with Gasteiger partial charge in [-0.2, -0.15) is 0 Å². The van der Waals surface area contributed by atoms with Crippen LogP contribution in [0.4, 0.5) is 0 Å². The smallest absolute Gasteiger partial charge is 0.309 e. The van der Waals surface area contributed by atoms with Crippen LogP contribution in [0.5, 0.6) is 0 Å². The molecular formula is C10H16N5O2+. The van der Waals surface area contributed by atoms with Gasteiger partial charge in [-0.15, -0.1) is 0 Å². The van der Waals surface area contributed by atoms with Crippen LogP contribution in [0.15, 0.2) is 23.7 Å². The van der Waals surface area contributed by atoms with Crippen LogP contribution < -0.4 is 15.5 Å². The first-order valence-electron chi connectivity index (χ1n) is 5.73. The lowest BCUT2D eigenvalue weighted by molar-refractivity contribution is -0.924. The van der Waals surface area contributed by atoms with Crippen LogP contribution in [-0.2, 0) is 0 Å². The van der Waals surface area contributed by atoms with Crippen molar-refractivity contribution in [2.45, 2.75) is 11.8 Å². The summed E-state index contributed by atoms with van der Waals surface area (Å²) in [5, 5.41) is 17.5. The van der Waals surface area contributed by atoms with E-state index in [1.165, 1.54) is 4.90 Å². The summed E-state index contributed by atoms with van der Waals surface area (Å²) in [6, 6.07) is 0.317. The summed E-state index contributed by atoms with van der Waals surface area (Å²) in [7, 11) is 4.00. The maximum absolute atomic E-state index is 11.0. The topological polar surface area (TPSA) is 74.9 Å². The molecule has 3 N–H and O–H groups in total. The molecule has 7 heteroatoms. The summed E-state index contributed by atoms with van der Waals surface area (Å²) in [6.45, 7) is 1.74. The maximum atomic E-state index is 11.0. The highest BCUT2D eigenvalue weighted by Gasteiger charge is 2.59. The van der Waals surface area contributed by atoms with Crippen molar-refractivity contribution in [2.24, 2.45) is 0 Å². The number of hydrogen-bond acceptors (Lipinski definition) is 5. The highest BCUT2D eigenvalue weighted by molar-refractivity contribution is 5.31. The van der Waals surface area contributed by atoms with E-state index in [1.807, 2.05) is 13.1 Å². The Morgan fingerprint density at radius 3 is 3.18 bits per heavy atom. The van der Waals surface area contributed by atoms with Gasteiger partial charge in [-0.1, -0.05) is 0 Å². The first kappa shape index (κ1) is 10.5. The highest BCUT2D eigenvalue weighted by Crippen LogP contribution is 2.31. The second-order valence-corrected chi connectivity index (χ2v) is 4.73. The quantitative estimate of drug-likeness (QED) is 0.372. The number of likely N-dealkylation sites (N-methyl/N-ethyl adjacent to an activating group) is 2. The van der Waals surface area contributed by atoms with Crippen LogP contribution in [-0.4, -0.2) is 48.8 Å². The van der Waals surface area contributed by atoms with Gasteiger partial charge in [-0.05, 0) is 7.05 Å². The number of quaternary nitrogens is 1. The van der Waals surface area contributed by atoms with Crippen LogP contribution in [0.2, 0.25) is 0 Å². The van der Waals surface area contributed by atoms with Crippen molar-refractivity contribution in [3.63, 3.8) is 0 Å². The first-order chi connectivity index (χ1) is 8.10. The summed E-state index contributed by atoms with van der Waals surface area (Å²) in [5.41, 5.74) is 0.160. The van der Waals surface area contributed by atoms with E-state index in [0.29, 0.717) is 11.9 Å². The third kappa shape index (κ3) is 1.12. The molecule has 0 saturated carbocycles. The van der Waals surface area contributed by atoms with Gasteiger partial charge in [0, 0.05) is 18.7 Å². The first-order valence-corrected chi connectivity index (χ1v) is 5.73. The zero-order valence-electron chi connectivity index (χ0n) is 9.86. The molecule has 7 nitrogen and oxygen atoms in total. The standard InChI is InChI=1S/C10H15N5O2/c1-11-10-4-3-8(15(16)17)9-12-5-7(14(9)10)6-13(10)2/h3-4,7,11-12H,5-6H2,1-2H3/p+1. The summed E-state index contributed by atoms with van der Waals surface area (Å²) in [6.07, 6.45) is 3.50. The van der Waals surface area contributed by atoms with Gasteiger partial charge >= 0.3 is 5.70 Å². The van der Waals surface area contributed by atoms with Gasteiger partial charge in [-0.25, -0.2) is 5.32 Å². The SMILES string of the molecule is CNC12C=CC([N+](=O)[O-])=C3NCC(C[NH+]1C)N32. The van der Waals surface area contributed by atoms with E-state index in [-0.39, 0.29) is 16.4 Å². The maximum Gasteiger partial charge on any atom is 0.309 e. The molecule has 17 heavy (non-hydrogen) atoms. The Bertz CT molecular complexity index is 446. The van der Waals surface area contributed by atoms with E-state index in [0.717, 1.165) is 13.1 Å². The minimum atomic E-state index is -0.344. The molecule has 3 aliphatic rings. The normalized spacial score (nSPS) is 38.4. The third-order valence-electron chi connectivity index (χ3n) is 3.99. The number of nitrogens with one attached hydrogen (secondary N) is 3. The highest BCUT2D eigenvalue weighted by atomic mass is 16.6. The fraction of sp³-hybridized carbons (Fsp3) is 0.600. The van der Waals surface area contributed by atoms with Gasteiger partial charge in [0.1, 0.15) is 12.6 Å². The largest absolute Gasteiger partial charge is 0.364 e. The van der Waals surface area contributed by atoms with E-state index in [4.69, 9.17) is 0 Å². The number of hydrogen-bond donors (Lipinski definition) is 3. The molecule has 0 aliphatic carbocycles. The zero-order chi connectivity index (χ0) is 12.2. The molecule has 92 valence electrons. The van der Waals surface area contributed by atoms with Crippen LogP contribution >= 0.6 is 0 Å². The predicted octanol–water partition coefficient (Wildman–Crippen LogP) is -2.32. The number of allylic oxidation sites excluding steroid dienone is 1. The number of nitro groups is 1. The van der Waals surface area contributed by atoms with Gasteiger partial charge in [0.2, 0.25) is 0 Å². The Kier molecular flexibility index (Phi) is 1.99. The molecule has 0 spiro atoms. The molecule has 3 atom stereocenters. The van der Waals surface area contributed by atoms with Crippen molar-refractivity contribution in [1.82, 2.24) is 15.5 Å². The molecule has 3 unspecified atom stereocenters. The molecule has 0 aromatic heterocycles.